The Morgan fingerprint density at radius 2 is 1.83 bits per heavy atom. The predicted octanol–water partition coefficient (Wildman–Crippen LogP) is 5.41. The van der Waals surface area contributed by atoms with Crippen molar-refractivity contribution in [2.24, 2.45) is 0 Å². The molecule has 0 aliphatic heterocycles. The topological polar surface area (TPSA) is 44.1 Å². The van der Waals surface area contributed by atoms with Gasteiger partial charge in [-0.3, -0.25) is 9.36 Å². The zero-order valence-electron chi connectivity index (χ0n) is 17.0. The number of aromatic nitrogens is 2. The highest BCUT2D eigenvalue weighted by molar-refractivity contribution is 5.84. The van der Waals surface area contributed by atoms with E-state index in [4.69, 9.17) is 4.74 Å². The van der Waals surface area contributed by atoms with Gasteiger partial charge in [0, 0.05) is 5.69 Å². The van der Waals surface area contributed by atoms with E-state index >= 15 is 0 Å². The Bertz CT molecular complexity index is 1170. The SMILES string of the molecule is CCOC(=O)Cc1ccc(-n2cnc3cc(-c4cccc(C)c4C)ccc32)cc1. The molecule has 0 bridgehead atoms. The Morgan fingerprint density at radius 3 is 2.59 bits per heavy atom. The van der Waals surface area contributed by atoms with Crippen LogP contribution in [0.5, 0.6) is 0 Å². The molecule has 0 aliphatic rings. The average molecular weight is 384 g/mol. The number of hydrogen-bond acceptors (Lipinski definition) is 3. The van der Waals surface area contributed by atoms with Gasteiger partial charge in [-0.1, -0.05) is 36.4 Å². The summed E-state index contributed by atoms with van der Waals surface area (Å²) < 4.78 is 7.08. The first kappa shape index (κ1) is 18.9. The summed E-state index contributed by atoms with van der Waals surface area (Å²) in [5.41, 5.74) is 8.96. The lowest BCUT2D eigenvalue weighted by molar-refractivity contribution is -0.142. The molecule has 0 N–H and O–H groups in total. The van der Waals surface area contributed by atoms with Gasteiger partial charge in [0.1, 0.15) is 6.33 Å². The van der Waals surface area contributed by atoms with Crippen LogP contribution in [0, 0.1) is 13.8 Å². The van der Waals surface area contributed by atoms with E-state index in [1.165, 1.54) is 22.3 Å². The molecular weight excluding hydrogens is 360 g/mol. The van der Waals surface area contributed by atoms with Crippen LogP contribution in [-0.4, -0.2) is 22.1 Å². The number of carbonyl (C=O) groups excluding carboxylic acids is 1. The number of hydrogen-bond donors (Lipinski definition) is 0. The summed E-state index contributed by atoms with van der Waals surface area (Å²) in [6, 6.07) is 20.7. The highest BCUT2D eigenvalue weighted by Gasteiger charge is 2.10. The number of aryl methyl sites for hydroxylation is 1. The molecule has 0 saturated carbocycles. The Kier molecular flexibility index (Phi) is 5.17. The first-order valence-electron chi connectivity index (χ1n) is 9.85. The number of carbonyl (C=O) groups is 1. The van der Waals surface area contributed by atoms with Gasteiger partial charge in [-0.15, -0.1) is 0 Å². The van der Waals surface area contributed by atoms with Crippen molar-refractivity contribution in [3.8, 4) is 16.8 Å². The van der Waals surface area contributed by atoms with Crippen LogP contribution in [0.1, 0.15) is 23.6 Å². The third kappa shape index (κ3) is 3.79. The summed E-state index contributed by atoms with van der Waals surface area (Å²) in [4.78, 5) is 16.3. The molecule has 1 aromatic heterocycles. The van der Waals surface area contributed by atoms with Gasteiger partial charge in [0.2, 0.25) is 0 Å². The molecule has 0 aliphatic carbocycles. The van der Waals surface area contributed by atoms with Crippen molar-refractivity contribution in [2.75, 3.05) is 6.61 Å². The van der Waals surface area contributed by atoms with Crippen molar-refractivity contribution in [1.29, 1.82) is 0 Å². The normalized spacial score (nSPS) is 11.0. The summed E-state index contributed by atoms with van der Waals surface area (Å²) in [6.45, 7) is 6.52. The first-order valence-corrected chi connectivity index (χ1v) is 9.85. The summed E-state index contributed by atoms with van der Waals surface area (Å²) in [5.74, 6) is -0.202. The summed E-state index contributed by atoms with van der Waals surface area (Å²) in [5, 5.41) is 0. The molecule has 4 heteroatoms. The van der Waals surface area contributed by atoms with Crippen molar-refractivity contribution in [3.63, 3.8) is 0 Å². The quantitative estimate of drug-likeness (QED) is 0.432. The summed E-state index contributed by atoms with van der Waals surface area (Å²) in [6.07, 6.45) is 2.13. The van der Waals surface area contributed by atoms with Gasteiger partial charge < -0.3 is 4.74 Å². The number of benzene rings is 3. The lowest BCUT2D eigenvalue weighted by Gasteiger charge is -2.10. The van der Waals surface area contributed by atoms with Crippen molar-refractivity contribution >= 4 is 17.0 Å². The minimum absolute atomic E-state index is 0.202. The molecule has 29 heavy (non-hydrogen) atoms. The van der Waals surface area contributed by atoms with E-state index in [1.54, 1.807) is 0 Å². The molecule has 0 fully saturated rings. The third-order valence-electron chi connectivity index (χ3n) is 5.33. The van der Waals surface area contributed by atoms with E-state index < -0.39 is 0 Å². The fourth-order valence-electron chi connectivity index (χ4n) is 3.60. The van der Waals surface area contributed by atoms with E-state index in [0.717, 1.165) is 22.3 Å². The van der Waals surface area contributed by atoms with Gasteiger partial charge in [-0.2, -0.15) is 0 Å². The van der Waals surface area contributed by atoms with Crippen molar-refractivity contribution in [2.45, 2.75) is 27.2 Å². The van der Waals surface area contributed by atoms with Crippen LogP contribution in [0.3, 0.4) is 0 Å². The highest BCUT2D eigenvalue weighted by atomic mass is 16.5. The summed E-state index contributed by atoms with van der Waals surface area (Å²) >= 11 is 0. The van der Waals surface area contributed by atoms with Crippen LogP contribution >= 0.6 is 0 Å². The second kappa shape index (κ2) is 7.92. The number of imidazole rings is 1. The minimum atomic E-state index is -0.202. The van der Waals surface area contributed by atoms with E-state index in [2.05, 4.69) is 59.8 Å². The van der Waals surface area contributed by atoms with E-state index in [0.29, 0.717) is 6.61 Å². The molecule has 0 amide bonds. The average Bonchev–Trinajstić information content (AvgIpc) is 3.14. The lowest BCUT2D eigenvalue weighted by Crippen LogP contribution is -2.07. The van der Waals surface area contributed by atoms with Gasteiger partial charge in [0.25, 0.3) is 0 Å². The zero-order valence-corrected chi connectivity index (χ0v) is 17.0. The van der Waals surface area contributed by atoms with Crippen LogP contribution in [0.2, 0.25) is 0 Å². The predicted molar refractivity (Wildman–Crippen MR) is 116 cm³/mol. The van der Waals surface area contributed by atoms with Crippen LogP contribution in [0.4, 0.5) is 0 Å². The Morgan fingerprint density at radius 1 is 1.03 bits per heavy atom. The molecule has 0 unspecified atom stereocenters. The highest BCUT2D eigenvalue weighted by Crippen LogP contribution is 2.29. The largest absolute Gasteiger partial charge is 0.466 e. The van der Waals surface area contributed by atoms with Crippen molar-refractivity contribution in [1.82, 2.24) is 9.55 Å². The van der Waals surface area contributed by atoms with Gasteiger partial charge >= 0.3 is 5.97 Å². The van der Waals surface area contributed by atoms with Crippen LogP contribution in [-0.2, 0) is 16.0 Å². The molecule has 0 radical (unpaired) electrons. The maximum absolute atomic E-state index is 11.7. The van der Waals surface area contributed by atoms with E-state index in [-0.39, 0.29) is 12.4 Å². The summed E-state index contributed by atoms with van der Waals surface area (Å²) in [7, 11) is 0. The second-order valence-corrected chi connectivity index (χ2v) is 7.21. The van der Waals surface area contributed by atoms with Crippen molar-refractivity contribution < 1.29 is 9.53 Å². The molecule has 146 valence electrons. The van der Waals surface area contributed by atoms with Gasteiger partial charge in [0.15, 0.2) is 0 Å². The smallest absolute Gasteiger partial charge is 0.310 e. The second-order valence-electron chi connectivity index (χ2n) is 7.21. The molecule has 1 heterocycles. The van der Waals surface area contributed by atoms with Crippen LogP contribution in [0.25, 0.3) is 27.8 Å². The first-order chi connectivity index (χ1) is 14.1. The number of ether oxygens (including phenoxy) is 1. The number of nitrogens with zero attached hydrogens (tertiary/aromatic N) is 2. The number of esters is 1. The van der Waals surface area contributed by atoms with E-state index in [9.17, 15) is 4.79 Å². The maximum Gasteiger partial charge on any atom is 0.310 e. The standard InChI is InChI=1S/C25H24N2O2/c1-4-29-25(28)14-19-8-11-21(12-9-19)27-16-26-23-15-20(10-13-24(23)27)22-7-5-6-17(2)18(22)3/h5-13,15-16H,4,14H2,1-3H3. The fourth-order valence-corrected chi connectivity index (χ4v) is 3.60. The van der Waals surface area contributed by atoms with Crippen LogP contribution < -0.4 is 0 Å². The Hall–Kier alpha value is -3.40. The van der Waals surface area contributed by atoms with Gasteiger partial charge in [-0.25, -0.2) is 4.98 Å². The number of fused-ring (bicyclic) bond motifs is 1. The molecule has 4 rings (SSSR count). The van der Waals surface area contributed by atoms with Crippen molar-refractivity contribution in [3.05, 3.63) is 83.7 Å². The monoisotopic (exact) mass is 384 g/mol. The molecule has 3 aromatic carbocycles. The Balaban J connectivity index is 1.64. The van der Waals surface area contributed by atoms with Gasteiger partial charge in [0.05, 0.1) is 24.1 Å². The Labute approximate surface area is 170 Å². The van der Waals surface area contributed by atoms with Crippen LogP contribution in [0.15, 0.2) is 67.0 Å². The number of rotatable bonds is 5. The maximum atomic E-state index is 11.7. The molecular formula is C25H24N2O2. The molecule has 0 saturated heterocycles. The molecule has 4 nitrogen and oxygen atoms in total. The molecule has 4 aromatic rings. The molecule has 0 spiro atoms. The van der Waals surface area contributed by atoms with E-state index in [1.807, 2.05) is 37.5 Å². The molecule has 0 atom stereocenters. The lowest BCUT2D eigenvalue weighted by atomic mass is 9.97. The third-order valence-corrected chi connectivity index (χ3v) is 5.33. The fraction of sp³-hybridized carbons (Fsp3) is 0.200. The zero-order chi connectivity index (χ0) is 20.4. The minimum Gasteiger partial charge on any atom is -0.466 e. The van der Waals surface area contributed by atoms with Gasteiger partial charge in [-0.05, 0) is 72.9 Å².